The molecular weight excluding hydrogens is 222 g/mol. The van der Waals surface area contributed by atoms with Crippen LogP contribution in [0.4, 0.5) is 0 Å². The van der Waals surface area contributed by atoms with E-state index in [2.05, 4.69) is 0 Å². The Morgan fingerprint density at radius 2 is 1.57 bits per heavy atom. The number of halogens is 1. The van der Waals surface area contributed by atoms with Gasteiger partial charge in [-0.3, -0.25) is 0 Å². The molecule has 0 radical (unpaired) electrons. The summed E-state index contributed by atoms with van der Waals surface area (Å²) in [7, 11) is -3.56. The Morgan fingerprint density at radius 1 is 1.14 bits per heavy atom. The van der Waals surface area contributed by atoms with E-state index in [1.54, 1.807) is 18.1 Å². The van der Waals surface area contributed by atoms with Crippen molar-refractivity contribution in [2.75, 3.05) is 0 Å². The SMILES string of the molecule is Cc1cc(C)c(S(=O)(=O)NCl)c(C)c1. The van der Waals surface area contributed by atoms with Gasteiger partial charge in [-0.25, -0.2) is 8.42 Å². The van der Waals surface area contributed by atoms with Gasteiger partial charge in [0.25, 0.3) is 10.0 Å². The fourth-order valence-corrected chi connectivity index (χ4v) is 2.90. The predicted octanol–water partition coefficient (Wildman–Crippen LogP) is 2.04. The van der Waals surface area contributed by atoms with E-state index in [4.69, 9.17) is 11.8 Å². The first-order valence-electron chi connectivity index (χ1n) is 4.09. The molecule has 0 fully saturated rings. The monoisotopic (exact) mass is 233 g/mol. The molecule has 0 unspecified atom stereocenters. The summed E-state index contributed by atoms with van der Waals surface area (Å²) in [6, 6.07) is 3.63. The highest BCUT2D eigenvalue weighted by atomic mass is 35.5. The number of benzene rings is 1. The smallest absolute Gasteiger partial charge is 0.206 e. The van der Waals surface area contributed by atoms with Crippen LogP contribution in [0.15, 0.2) is 17.0 Å². The van der Waals surface area contributed by atoms with Crippen LogP contribution in [0.5, 0.6) is 0 Å². The van der Waals surface area contributed by atoms with Gasteiger partial charge in [-0.15, -0.1) is 4.24 Å². The molecule has 5 heteroatoms. The average molecular weight is 234 g/mol. The molecule has 1 aromatic carbocycles. The molecule has 0 amide bonds. The standard InChI is InChI=1S/C9H12ClNO2S/c1-6-4-7(2)9(8(3)5-6)14(12,13)11-10/h4-5,11H,1-3H3. The molecule has 0 bridgehead atoms. The molecule has 1 rings (SSSR count). The maximum absolute atomic E-state index is 11.5. The van der Waals surface area contributed by atoms with Crippen LogP contribution in [0.3, 0.4) is 0 Å². The van der Waals surface area contributed by atoms with E-state index in [1.807, 2.05) is 19.1 Å². The molecule has 78 valence electrons. The van der Waals surface area contributed by atoms with E-state index in [9.17, 15) is 8.42 Å². The van der Waals surface area contributed by atoms with Crippen LogP contribution in [0.25, 0.3) is 0 Å². The summed E-state index contributed by atoms with van der Waals surface area (Å²) in [5.74, 6) is 0. The quantitative estimate of drug-likeness (QED) is 0.795. The Kier molecular flexibility index (Phi) is 3.19. The molecule has 0 aliphatic rings. The molecule has 0 saturated carbocycles. The largest absolute Gasteiger partial charge is 0.254 e. The van der Waals surface area contributed by atoms with E-state index in [1.165, 1.54) is 0 Å². The summed E-state index contributed by atoms with van der Waals surface area (Å²) in [6.45, 7) is 5.42. The third kappa shape index (κ3) is 2.08. The number of hydrogen-bond donors (Lipinski definition) is 1. The van der Waals surface area contributed by atoms with Crippen molar-refractivity contribution in [2.24, 2.45) is 0 Å². The minimum Gasteiger partial charge on any atom is -0.206 e. The van der Waals surface area contributed by atoms with E-state index in [0.29, 0.717) is 11.1 Å². The van der Waals surface area contributed by atoms with E-state index in [-0.39, 0.29) is 4.90 Å². The van der Waals surface area contributed by atoms with Crippen molar-refractivity contribution in [1.29, 1.82) is 0 Å². The number of rotatable bonds is 2. The third-order valence-corrected chi connectivity index (χ3v) is 3.97. The first-order chi connectivity index (χ1) is 6.38. The highest BCUT2D eigenvalue weighted by Gasteiger charge is 2.18. The zero-order valence-corrected chi connectivity index (χ0v) is 9.83. The molecule has 0 saturated heterocycles. The fourth-order valence-electron chi connectivity index (χ4n) is 1.63. The lowest BCUT2D eigenvalue weighted by atomic mass is 10.1. The Hall–Kier alpha value is -0.580. The molecular formula is C9H12ClNO2S. The zero-order valence-electron chi connectivity index (χ0n) is 8.26. The van der Waals surface area contributed by atoms with E-state index < -0.39 is 10.0 Å². The van der Waals surface area contributed by atoms with Crippen molar-refractivity contribution < 1.29 is 8.42 Å². The van der Waals surface area contributed by atoms with Gasteiger partial charge in [0.2, 0.25) is 0 Å². The van der Waals surface area contributed by atoms with Gasteiger partial charge in [-0.1, -0.05) is 17.7 Å². The second-order valence-electron chi connectivity index (χ2n) is 3.31. The maximum Gasteiger partial charge on any atom is 0.254 e. The van der Waals surface area contributed by atoms with Crippen molar-refractivity contribution in [3.05, 3.63) is 28.8 Å². The van der Waals surface area contributed by atoms with Crippen molar-refractivity contribution in [2.45, 2.75) is 25.7 Å². The first kappa shape index (κ1) is 11.5. The number of aryl methyl sites for hydroxylation is 3. The Bertz CT molecular complexity index is 431. The van der Waals surface area contributed by atoms with Crippen molar-refractivity contribution in [3.63, 3.8) is 0 Å². The summed E-state index contributed by atoms with van der Waals surface area (Å²) in [6.07, 6.45) is 0. The molecule has 0 heterocycles. The molecule has 0 spiro atoms. The Balaban J connectivity index is 3.51. The molecule has 1 aromatic rings. The van der Waals surface area contributed by atoms with Gasteiger partial charge in [-0.05, 0) is 43.7 Å². The summed E-state index contributed by atoms with van der Waals surface area (Å²) in [5.41, 5.74) is 2.44. The maximum atomic E-state index is 11.5. The van der Waals surface area contributed by atoms with Gasteiger partial charge in [0.1, 0.15) is 0 Å². The van der Waals surface area contributed by atoms with Crippen LogP contribution in [0.1, 0.15) is 16.7 Å². The Morgan fingerprint density at radius 3 is 1.93 bits per heavy atom. The minimum absolute atomic E-state index is 0.262. The normalized spacial score (nSPS) is 11.7. The van der Waals surface area contributed by atoms with Crippen LogP contribution in [0.2, 0.25) is 0 Å². The predicted molar refractivity (Wildman–Crippen MR) is 56.8 cm³/mol. The van der Waals surface area contributed by atoms with E-state index in [0.717, 1.165) is 5.56 Å². The Labute approximate surface area is 89.3 Å². The fraction of sp³-hybridized carbons (Fsp3) is 0.333. The van der Waals surface area contributed by atoms with Crippen LogP contribution in [-0.2, 0) is 10.0 Å². The lowest BCUT2D eigenvalue weighted by Gasteiger charge is -2.09. The highest BCUT2D eigenvalue weighted by Crippen LogP contribution is 2.21. The lowest BCUT2D eigenvalue weighted by Crippen LogP contribution is -2.16. The summed E-state index contributed by atoms with van der Waals surface area (Å²) >= 11 is 5.17. The van der Waals surface area contributed by atoms with Gasteiger partial charge < -0.3 is 0 Å². The topological polar surface area (TPSA) is 46.2 Å². The second-order valence-corrected chi connectivity index (χ2v) is 5.34. The highest BCUT2D eigenvalue weighted by molar-refractivity contribution is 7.90. The van der Waals surface area contributed by atoms with Gasteiger partial charge in [0, 0.05) is 0 Å². The summed E-state index contributed by atoms with van der Waals surface area (Å²) < 4.78 is 24.8. The van der Waals surface area contributed by atoms with Crippen molar-refractivity contribution in [3.8, 4) is 0 Å². The van der Waals surface area contributed by atoms with Crippen LogP contribution >= 0.6 is 11.8 Å². The van der Waals surface area contributed by atoms with Crippen LogP contribution < -0.4 is 4.24 Å². The lowest BCUT2D eigenvalue weighted by molar-refractivity contribution is 0.592. The van der Waals surface area contributed by atoms with Crippen LogP contribution in [-0.4, -0.2) is 8.42 Å². The zero-order chi connectivity index (χ0) is 10.9. The number of hydrogen-bond acceptors (Lipinski definition) is 2. The average Bonchev–Trinajstić information content (AvgIpc) is 2.01. The third-order valence-electron chi connectivity index (χ3n) is 1.97. The molecule has 1 N–H and O–H groups in total. The molecule has 0 aromatic heterocycles. The first-order valence-corrected chi connectivity index (χ1v) is 5.95. The minimum atomic E-state index is -3.56. The number of sulfonamides is 1. The van der Waals surface area contributed by atoms with Crippen molar-refractivity contribution >= 4 is 21.8 Å². The van der Waals surface area contributed by atoms with E-state index >= 15 is 0 Å². The molecule has 14 heavy (non-hydrogen) atoms. The van der Waals surface area contributed by atoms with Crippen molar-refractivity contribution in [1.82, 2.24) is 4.24 Å². The summed E-state index contributed by atoms with van der Waals surface area (Å²) in [4.78, 5) is 0.262. The van der Waals surface area contributed by atoms with Crippen LogP contribution in [0, 0.1) is 20.8 Å². The molecule has 3 nitrogen and oxygen atoms in total. The van der Waals surface area contributed by atoms with Gasteiger partial charge >= 0.3 is 0 Å². The van der Waals surface area contributed by atoms with Gasteiger partial charge in [-0.2, -0.15) is 0 Å². The molecule has 0 aliphatic carbocycles. The second kappa shape index (κ2) is 3.88. The molecule has 0 aliphatic heterocycles. The molecule has 0 atom stereocenters. The van der Waals surface area contributed by atoms with Gasteiger partial charge in [0.05, 0.1) is 4.90 Å². The number of nitrogens with one attached hydrogen (secondary N) is 1. The van der Waals surface area contributed by atoms with Gasteiger partial charge in [0.15, 0.2) is 0 Å². The summed E-state index contributed by atoms with van der Waals surface area (Å²) in [5, 5.41) is 0.